The van der Waals surface area contributed by atoms with E-state index in [9.17, 15) is 8.42 Å². The van der Waals surface area contributed by atoms with E-state index in [0.717, 1.165) is 0 Å². The minimum Gasteiger partial charge on any atom is -0.376 e. The van der Waals surface area contributed by atoms with Crippen molar-refractivity contribution >= 4 is 44.9 Å². The molecule has 0 amide bonds. The Morgan fingerprint density at radius 2 is 1.42 bits per heavy atom. The van der Waals surface area contributed by atoms with Crippen LogP contribution in [0.1, 0.15) is 0 Å². The van der Waals surface area contributed by atoms with Crippen LogP contribution in [-0.2, 0) is 10.1 Å². The summed E-state index contributed by atoms with van der Waals surface area (Å²) >= 11 is 17.5. The normalized spacial score (nSPS) is 11.3. The smallest absolute Gasteiger partial charge is 0.339 e. The van der Waals surface area contributed by atoms with Crippen LogP contribution in [-0.4, -0.2) is 8.42 Å². The van der Waals surface area contributed by atoms with Gasteiger partial charge < -0.3 is 4.18 Å². The molecule has 19 heavy (non-hydrogen) atoms. The van der Waals surface area contributed by atoms with Crippen molar-refractivity contribution in [3.05, 3.63) is 57.5 Å². The standard InChI is InChI=1S/C12H7Cl3O3S/c13-8-6-10(14)12(11(15)7-8)18-19(16,17)9-4-2-1-3-5-9/h1-7H. The maximum atomic E-state index is 12.0. The summed E-state index contributed by atoms with van der Waals surface area (Å²) in [5, 5.41) is 0.341. The summed E-state index contributed by atoms with van der Waals surface area (Å²) in [6, 6.07) is 10.4. The molecule has 0 saturated carbocycles. The zero-order valence-corrected chi connectivity index (χ0v) is 12.4. The predicted octanol–water partition coefficient (Wildman–Crippen LogP) is 4.41. The minimum atomic E-state index is -3.98. The zero-order valence-electron chi connectivity index (χ0n) is 9.31. The van der Waals surface area contributed by atoms with Crippen molar-refractivity contribution in [1.29, 1.82) is 0 Å². The summed E-state index contributed by atoms with van der Waals surface area (Å²) in [4.78, 5) is 0.0112. The van der Waals surface area contributed by atoms with Crippen LogP contribution in [0.4, 0.5) is 0 Å². The van der Waals surface area contributed by atoms with Crippen molar-refractivity contribution in [2.24, 2.45) is 0 Å². The van der Waals surface area contributed by atoms with Gasteiger partial charge in [0.15, 0.2) is 5.75 Å². The van der Waals surface area contributed by atoms with Gasteiger partial charge in [-0.1, -0.05) is 53.0 Å². The molecule has 0 fully saturated rings. The predicted molar refractivity (Wildman–Crippen MR) is 75.7 cm³/mol. The molecular formula is C12H7Cl3O3S. The lowest BCUT2D eigenvalue weighted by molar-refractivity contribution is 0.486. The number of benzene rings is 2. The van der Waals surface area contributed by atoms with E-state index in [4.69, 9.17) is 39.0 Å². The Labute approximate surface area is 125 Å². The highest BCUT2D eigenvalue weighted by Crippen LogP contribution is 2.37. The van der Waals surface area contributed by atoms with E-state index < -0.39 is 10.1 Å². The second-order valence-corrected chi connectivity index (χ2v) is 6.35. The molecule has 0 aliphatic heterocycles. The average molecular weight is 338 g/mol. The lowest BCUT2D eigenvalue weighted by Gasteiger charge is -2.10. The molecule has 0 saturated heterocycles. The highest BCUT2D eigenvalue weighted by atomic mass is 35.5. The molecule has 0 unspecified atom stereocenters. The van der Waals surface area contributed by atoms with Crippen molar-refractivity contribution in [3.63, 3.8) is 0 Å². The maximum absolute atomic E-state index is 12.0. The topological polar surface area (TPSA) is 43.4 Å². The van der Waals surface area contributed by atoms with Gasteiger partial charge in [0.2, 0.25) is 0 Å². The summed E-state index contributed by atoms with van der Waals surface area (Å²) in [6.07, 6.45) is 0. The van der Waals surface area contributed by atoms with Crippen molar-refractivity contribution < 1.29 is 12.6 Å². The molecule has 3 nitrogen and oxygen atoms in total. The van der Waals surface area contributed by atoms with Crippen LogP contribution in [0.25, 0.3) is 0 Å². The first-order chi connectivity index (χ1) is 8.90. The highest BCUT2D eigenvalue weighted by Gasteiger charge is 2.20. The largest absolute Gasteiger partial charge is 0.376 e. The van der Waals surface area contributed by atoms with E-state index in [1.165, 1.54) is 24.3 Å². The van der Waals surface area contributed by atoms with E-state index in [-0.39, 0.29) is 20.7 Å². The van der Waals surface area contributed by atoms with Gasteiger partial charge in [0, 0.05) is 5.02 Å². The molecule has 0 bridgehead atoms. The fourth-order valence-electron chi connectivity index (χ4n) is 1.35. The maximum Gasteiger partial charge on any atom is 0.339 e. The number of hydrogen-bond donors (Lipinski definition) is 0. The second-order valence-electron chi connectivity index (χ2n) is 3.55. The van der Waals surface area contributed by atoms with E-state index >= 15 is 0 Å². The molecule has 0 aromatic heterocycles. The van der Waals surface area contributed by atoms with Gasteiger partial charge in [0.05, 0.1) is 10.0 Å². The van der Waals surface area contributed by atoms with Crippen LogP contribution >= 0.6 is 34.8 Å². The number of hydrogen-bond acceptors (Lipinski definition) is 3. The van der Waals surface area contributed by atoms with Gasteiger partial charge in [0.1, 0.15) is 4.90 Å². The molecule has 100 valence electrons. The van der Waals surface area contributed by atoms with Crippen LogP contribution in [0.2, 0.25) is 15.1 Å². The average Bonchev–Trinajstić information content (AvgIpc) is 2.35. The Balaban J connectivity index is 2.42. The lowest BCUT2D eigenvalue weighted by Crippen LogP contribution is -2.10. The van der Waals surface area contributed by atoms with Gasteiger partial charge in [0.25, 0.3) is 0 Å². The fraction of sp³-hybridized carbons (Fsp3) is 0. The molecule has 0 atom stereocenters. The van der Waals surface area contributed by atoms with E-state index in [0.29, 0.717) is 5.02 Å². The molecule has 0 N–H and O–H groups in total. The third-order valence-electron chi connectivity index (χ3n) is 2.19. The molecule has 0 heterocycles. The molecule has 0 spiro atoms. The Bertz CT molecular complexity index is 676. The summed E-state index contributed by atoms with van der Waals surface area (Å²) in [7, 11) is -3.98. The zero-order chi connectivity index (χ0) is 14.0. The van der Waals surface area contributed by atoms with Crippen LogP contribution in [0.15, 0.2) is 47.4 Å². The van der Waals surface area contributed by atoms with Crippen molar-refractivity contribution in [2.45, 2.75) is 4.90 Å². The third kappa shape index (κ3) is 3.34. The molecule has 2 aromatic rings. The summed E-state index contributed by atoms with van der Waals surface area (Å²) in [5.74, 6) is -0.142. The lowest BCUT2D eigenvalue weighted by atomic mass is 10.3. The first-order valence-electron chi connectivity index (χ1n) is 5.04. The van der Waals surface area contributed by atoms with E-state index in [1.54, 1.807) is 18.2 Å². The molecule has 0 aliphatic carbocycles. The Hall–Kier alpha value is -0.940. The summed E-state index contributed by atoms with van der Waals surface area (Å²) in [6.45, 7) is 0. The van der Waals surface area contributed by atoms with Gasteiger partial charge in [-0.25, -0.2) is 0 Å². The van der Waals surface area contributed by atoms with Crippen LogP contribution in [0, 0.1) is 0 Å². The van der Waals surface area contributed by atoms with E-state index in [1.807, 2.05) is 0 Å². The molecule has 7 heteroatoms. The van der Waals surface area contributed by atoms with Crippen molar-refractivity contribution in [3.8, 4) is 5.75 Å². The van der Waals surface area contributed by atoms with Gasteiger partial charge in [-0.05, 0) is 24.3 Å². The Morgan fingerprint density at radius 3 is 1.95 bits per heavy atom. The highest BCUT2D eigenvalue weighted by molar-refractivity contribution is 7.87. The molecule has 0 aliphatic rings. The second kappa shape index (κ2) is 5.59. The SMILES string of the molecule is O=S(=O)(Oc1c(Cl)cc(Cl)cc1Cl)c1ccccc1. The van der Waals surface area contributed by atoms with Crippen LogP contribution < -0.4 is 4.18 Å². The van der Waals surface area contributed by atoms with Gasteiger partial charge in [-0.2, -0.15) is 8.42 Å². The van der Waals surface area contributed by atoms with Crippen molar-refractivity contribution in [1.82, 2.24) is 0 Å². The first-order valence-corrected chi connectivity index (χ1v) is 7.58. The minimum absolute atomic E-state index is 0.0112. The number of rotatable bonds is 3. The molecular weight excluding hydrogens is 331 g/mol. The Kier molecular flexibility index (Phi) is 4.26. The monoisotopic (exact) mass is 336 g/mol. The first kappa shape index (κ1) is 14.5. The molecule has 0 radical (unpaired) electrons. The van der Waals surface area contributed by atoms with Gasteiger partial charge in [-0.3, -0.25) is 0 Å². The van der Waals surface area contributed by atoms with Crippen LogP contribution in [0.5, 0.6) is 5.75 Å². The Morgan fingerprint density at radius 1 is 0.895 bits per heavy atom. The third-order valence-corrected chi connectivity index (χ3v) is 4.20. The molecule has 2 aromatic carbocycles. The van der Waals surface area contributed by atoms with Gasteiger partial charge in [-0.15, -0.1) is 0 Å². The van der Waals surface area contributed by atoms with E-state index in [2.05, 4.69) is 0 Å². The summed E-state index contributed by atoms with van der Waals surface area (Å²) in [5.41, 5.74) is 0. The van der Waals surface area contributed by atoms with Crippen molar-refractivity contribution in [2.75, 3.05) is 0 Å². The fourth-order valence-corrected chi connectivity index (χ4v) is 3.32. The number of halogens is 3. The summed E-state index contributed by atoms with van der Waals surface area (Å²) < 4.78 is 29.0. The molecule has 2 rings (SSSR count). The van der Waals surface area contributed by atoms with Gasteiger partial charge >= 0.3 is 10.1 Å². The quantitative estimate of drug-likeness (QED) is 0.779. The van der Waals surface area contributed by atoms with Crippen LogP contribution in [0.3, 0.4) is 0 Å².